The van der Waals surface area contributed by atoms with E-state index in [2.05, 4.69) is 51.2 Å². The van der Waals surface area contributed by atoms with E-state index < -0.39 is 0 Å². The maximum Gasteiger partial charge on any atom is 0.150 e. The third-order valence-corrected chi connectivity index (χ3v) is 5.79. The molecular formula is C21H23N5O. The molecule has 2 saturated heterocycles. The predicted octanol–water partition coefficient (Wildman–Crippen LogP) is 2.32. The highest BCUT2D eigenvalue weighted by Crippen LogP contribution is 2.39. The molecule has 5 rings (SSSR count). The summed E-state index contributed by atoms with van der Waals surface area (Å²) < 4.78 is 6.08. The normalized spacial score (nSPS) is 25.2. The number of ether oxygens (including phenoxy) is 1. The van der Waals surface area contributed by atoms with Gasteiger partial charge in [-0.1, -0.05) is 30.3 Å². The fourth-order valence-electron chi connectivity index (χ4n) is 4.19. The van der Waals surface area contributed by atoms with Crippen molar-refractivity contribution in [1.82, 2.24) is 14.9 Å². The Kier molecular flexibility index (Phi) is 4.27. The lowest BCUT2D eigenvalue weighted by molar-refractivity contribution is -0.0499. The minimum Gasteiger partial charge on any atom is -0.373 e. The van der Waals surface area contributed by atoms with Crippen LogP contribution in [0, 0.1) is 11.3 Å². The van der Waals surface area contributed by atoms with Gasteiger partial charge in [-0.25, -0.2) is 9.97 Å². The number of rotatable bonds is 4. The van der Waals surface area contributed by atoms with Crippen LogP contribution in [0.15, 0.2) is 36.5 Å². The highest BCUT2D eigenvalue weighted by Gasteiger charge is 2.41. The maximum atomic E-state index is 9.53. The lowest BCUT2D eigenvalue weighted by Crippen LogP contribution is -2.50. The molecule has 2 unspecified atom stereocenters. The van der Waals surface area contributed by atoms with Crippen molar-refractivity contribution < 1.29 is 4.74 Å². The zero-order valence-electron chi connectivity index (χ0n) is 15.3. The Morgan fingerprint density at radius 3 is 2.81 bits per heavy atom. The molecule has 138 valence electrons. The van der Waals surface area contributed by atoms with Crippen LogP contribution in [-0.2, 0) is 11.3 Å². The fourth-order valence-corrected chi connectivity index (χ4v) is 4.19. The number of benzene rings is 1. The summed E-state index contributed by atoms with van der Waals surface area (Å²) in [7, 11) is 0. The van der Waals surface area contributed by atoms with Crippen LogP contribution in [0.3, 0.4) is 0 Å². The van der Waals surface area contributed by atoms with Gasteiger partial charge in [0.2, 0.25) is 0 Å². The second-order valence-electron chi connectivity index (χ2n) is 7.69. The zero-order valence-corrected chi connectivity index (χ0v) is 15.3. The number of hydrogen-bond donors (Lipinski definition) is 0. The topological polar surface area (TPSA) is 65.3 Å². The molecule has 1 aromatic carbocycles. The van der Waals surface area contributed by atoms with Crippen LogP contribution in [0.4, 0.5) is 5.82 Å². The molecule has 3 heterocycles. The number of anilines is 1. The van der Waals surface area contributed by atoms with Crippen molar-refractivity contribution in [2.75, 3.05) is 31.1 Å². The summed E-state index contributed by atoms with van der Waals surface area (Å²) in [6.07, 6.45) is 4.17. The van der Waals surface area contributed by atoms with Gasteiger partial charge in [-0.2, -0.15) is 5.26 Å². The maximum absolute atomic E-state index is 9.53. The van der Waals surface area contributed by atoms with Gasteiger partial charge in [0.15, 0.2) is 0 Å². The van der Waals surface area contributed by atoms with Gasteiger partial charge in [0.1, 0.15) is 23.3 Å². The van der Waals surface area contributed by atoms with Gasteiger partial charge < -0.3 is 9.64 Å². The number of hydrogen-bond acceptors (Lipinski definition) is 6. The Labute approximate surface area is 159 Å². The molecule has 0 amide bonds. The molecule has 6 heteroatoms. The second-order valence-corrected chi connectivity index (χ2v) is 7.69. The lowest BCUT2D eigenvalue weighted by atomic mass is 10.1. The first-order chi connectivity index (χ1) is 13.3. The molecule has 0 N–H and O–H groups in total. The number of morpholine rings is 1. The number of aromatic nitrogens is 2. The quantitative estimate of drug-likeness (QED) is 0.833. The molecule has 2 atom stereocenters. The first-order valence-corrected chi connectivity index (χ1v) is 9.73. The molecular weight excluding hydrogens is 338 g/mol. The SMILES string of the molecule is N#Cc1cnc(C2CC2)nc1N1CC2OCCN(Cc3ccccc3)C2C1. The van der Waals surface area contributed by atoms with Gasteiger partial charge in [0.25, 0.3) is 0 Å². The van der Waals surface area contributed by atoms with Crippen LogP contribution < -0.4 is 4.90 Å². The molecule has 1 aliphatic carbocycles. The Morgan fingerprint density at radius 1 is 1.19 bits per heavy atom. The van der Waals surface area contributed by atoms with E-state index in [1.807, 2.05) is 0 Å². The third kappa shape index (κ3) is 3.29. The number of fused-ring (bicyclic) bond motifs is 1. The molecule has 1 aromatic heterocycles. The second kappa shape index (κ2) is 6.91. The van der Waals surface area contributed by atoms with E-state index in [-0.39, 0.29) is 6.10 Å². The summed E-state index contributed by atoms with van der Waals surface area (Å²) in [6, 6.07) is 13.2. The van der Waals surface area contributed by atoms with Crippen LogP contribution in [0.2, 0.25) is 0 Å². The van der Waals surface area contributed by atoms with E-state index in [0.717, 1.165) is 57.3 Å². The van der Waals surface area contributed by atoms with Crippen molar-refractivity contribution in [3.63, 3.8) is 0 Å². The summed E-state index contributed by atoms with van der Waals surface area (Å²) in [6.45, 7) is 4.25. The Hall–Kier alpha value is -2.49. The van der Waals surface area contributed by atoms with Gasteiger partial charge in [-0.3, -0.25) is 4.90 Å². The molecule has 2 aromatic rings. The van der Waals surface area contributed by atoms with E-state index in [4.69, 9.17) is 9.72 Å². The molecule has 6 nitrogen and oxygen atoms in total. The summed E-state index contributed by atoms with van der Waals surface area (Å²) in [5.74, 6) is 2.15. The van der Waals surface area contributed by atoms with E-state index >= 15 is 0 Å². The van der Waals surface area contributed by atoms with Gasteiger partial charge in [0.05, 0.1) is 24.9 Å². The van der Waals surface area contributed by atoms with E-state index in [0.29, 0.717) is 17.5 Å². The monoisotopic (exact) mass is 361 g/mol. The van der Waals surface area contributed by atoms with Crippen molar-refractivity contribution in [3.05, 3.63) is 53.5 Å². The van der Waals surface area contributed by atoms with Crippen molar-refractivity contribution >= 4 is 5.82 Å². The third-order valence-electron chi connectivity index (χ3n) is 5.79. The molecule has 0 radical (unpaired) electrons. The van der Waals surface area contributed by atoms with Gasteiger partial charge in [-0.15, -0.1) is 0 Å². The molecule has 2 aliphatic heterocycles. The Bertz CT molecular complexity index is 861. The van der Waals surface area contributed by atoms with Crippen molar-refractivity contribution in [2.24, 2.45) is 0 Å². The first kappa shape index (κ1) is 16.7. The van der Waals surface area contributed by atoms with Gasteiger partial charge in [0, 0.05) is 32.1 Å². The fraction of sp³-hybridized carbons (Fsp3) is 0.476. The Morgan fingerprint density at radius 2 is 2.04 bits per heavy atom. The van der Waals surface area contributed by atoms with Crippen LogP contribution >= 0.6 is 0 Å². The van der Waals surface area contributed by atoms with E-state index in [1.54, 1.807) is 6.20 Å². The van der Waals surface area contributed by atoms with Gasteiger partial charge in [-0.05, 0) is 18.4 Å². The molecule has 3 aliphatic rings. The first-order valence-electron chi connectivity index (χ1n) is 9.73. The van der Waals surface area contributed by atoms with Crippen LogP contribution in [0.1, 0.15) is 35.7 Å². The summed E-state index contributed by atoms with van der Waals surface area (Å²) in [5.41, 5.74) is 1.89. The van der Waals surface area contributed by atoms with E-state index in [1.165, 1.54) is 5.56 Å². The highest BCUT2D eigenvalue weighted by molar-refractivity contribution is 5.54. The smallest absolute Gasteiger partial charge is 0.150 e. The summed E-state index contributed by atoms with van der Waals surface area (Å²) >= 11 is 0. The summed E-state index contributed by atoms with van der Waals surface area (Å²) in [4.78, 5) is 13.9. The minimum atomic E-state index is 0.161. The van der Waals surface area contributed by atoms with Crippen LogP contribution in [0.25, 0.3) is 0 Å². The van der Waals surface area contributed by atoms with Gasteiger partial charge >= 0.3 is 0 Å². The minimum absolute atomic E-state index is 0.161. The van der Waals surface area contributed by atoms with Crippen molar-refractivity contribution in [1.29, 1.82) is 5.26 Å². The molecule has 3 fully saturated rings. The number of nitriles is 1. The average molecular weight is 361 g/mol. The largest absolute Gasteiger partial charge is 0.373 e. The van der Waals surface area contributed by atoms with Crippen molar-refractivity contribution in [3.8, 4) is 6.07 Å². The van der Waals surface area contributed by atoms with E-state index in [9.17, 15) is 5.26 Å². The lowest BCUT2D eigenvalue weighted by Gasteiger charge is -2.36. The van der Waals surface area contributed by atoms with Crippen LogP contribution in [-0.4, -0.2) is 53.3 Å². The zero-order chi connectivity index (χ0) is 18.2. The standard InChI is InChI=1S/C21H23N5O/c22-10-17-11-23-20(16-6-7-16)24-21(17)26-13-18-19(14-26)27-9-8-25(18)12-15-4-2-1-3-5-15/h1-5,11,16,18-19H,6-9,12-14H2. The number of nitrogens with zero attached hydrogens (tertiary/aromatic N) is 5. The summed E-state index contributed by atoms with van der Waals surface area (Å²) in [5, 5.41) is 9.53. The molecule has 0 bridgehead atoms. The molecule has 0 spiro atoms. The van der Waals surface area contributed by atoms with Crippen LogP contribution in [0.5, 0.6) is 0 Å². The van der Waals surface area contributed by atoms with Crippen molar-refractivity contribution in [2.45, 2.75) is 37.5 Å². The Balaban J connectivity index is 1.38. The molecule has 1 saturated carbocycles. The average Bonchev–Trinajstić information content (AvgIpc) is 3.47. The molecule has 27 heavy (non-hydrogen) atoms. The predicted molar refractivity (Wildman–Crippen MR) is 101 cm³/mol. The highest BCUT2D eigenvalue weighted by atomic mass is 16.5.